The fourth-order valence-electron chi connectivity index (χ4n) is 3.99. The van der Waals surface area contributed by atoms with Crippen molar-refractivity contribution in [2.75, 3.05) is 0 Å². The molecule has 3 nitrogen and oxygen atoms in total. The van der Waals surface area contributed by atoms with Crippen LogP contribution in [0.15, 0.2) is 0 Å². The molecule has 16 heavy (non-hydrogen) atoms. The number of hydrogen-bond acceptors (Lipinski definition) is 2. The van der Waals surface area contributed by atoms with E-state index in [9.17, 15) is 9.59 Å². The van der Waals surface area contributed by atoms with Crippen LogP contribution in [-0.2, 0) is 9.59 Å². The topological polar surface area (TPSA) is 46.2 Å². The second-order valence-electron chi connectivity index (χ2n) is 5.82. The van der Waals surface area contributed by atoms with Crippen LogP contribution >= 0.6 is 0 Å². The molecule has 3 rings (SSSR count). The Balaban J connectivity index is 1.58. The third-order valence-electron chi connectivity index (χ3n) is 4.83. The first-order valence-electron chi connectivity index (χ1n) is 6.56. The summed E-state index contributed by atoms with van der Waals surface area (Å²) in [5.74, 6) is 2.61. The van der Waals surface area contributed by atoms with Crippen molar-refractivity contribution in [2.24, 2.45) is 23.7 Å². The Labute approximate surface area is 96.0 Å². The van der Waals surface area contributed by atoms with Crippen molar-refractivity contribution >= 4 is 11.8 Å². The van der Waals surface area contributed by atoms with E-state index < -0.39 is 0 Å². The quantitative estimate of drug-likeness (QED) is 0.723. The highest BCUT2D eigenvalue weighted by molar-refractivity contribution is 5.98. The maximum atomic E-state index is 11.7. The van der Waals surface area contributed by atoms with Crippen molar-refractivity contribution in [3.8, 4) is 0 Å². The van der Waals surface area contributed by atoms with Crippen molar-refractivity contribution in [2.45, 2.75) is 44.9 Å². The number of fused-ring (bicyclic) bond motifs is 2. The maximum absolute atomic E-state index is 11.7. The molecule has 0 aromatic carbocycles. The van der Waals surface area contributed by atoms with Gasteiger partial charge in [0, 0.05) is 12.3 Å². The molecule has 4 atom stereocenters. The van der Waals surface area contributed by atoms with Gasteiger partial charge in [0.2, 0.25) is 11.8 Å². The third kappa shape index (κ3) is 1.76. The molecule has 2 saturated carbocycles. The van der Waals surface area contributed by atoms with E-state index in [1.807, 2.05) is 0 Å². The van der Waals surface area contributed by atoms with Gasteiger partial charge in [0.15, 0.2) is 0 Å². The molecule has 3 aliphatic rings. The van der Waals surface area contributed by atoms with Crippen molar-refractivity contribution in [3.63, 3.8) is 0 Å². The smallest absolute Gasteiger partial charge is 0.229 e. The van der Waals surface area contributed by atoms with Gasteiger partial charge < -0.3 is 0 Å². The van der Waals surface area contributed by atoms with Crippen LogP contribution in [0.2, 0.25) is 0 Å². The summed E-state index contributed by atoms with van der Waals surface area (Å²) in [6, 6.07) is 0. The van der Waals surface area contributed by atoms with Gasteiger partial charge in [-0.2, -0.15) is 0 Å². The van der Waals surface area contributed by atoms with Crippen LogP contribution < -0.4 is 5.32 Å². The maximum Gasteiger partial charge on any atom is 0.229 e. The molecule has 1 N–H and O–H groups in total. The Hall–Kier alpha value is -0.860. The first kappa shape index (κ1) is 10.3. The molecule has 1 saturated heterocycles. The molecule has 2 aliphatic carbocycles. The first-order valence-corrected chi connectivity index (χ1v) is 6.56. The van der Waals surface area contributed by atoms with Crippen LogP contribution in [0.1, 0.15) is 44.9 Å². The monoisotopic (exact) mass is 221 g/mol. The van der Waals surface area contributed by atoms with Crippen LogP contribution in [0.25, 0.3) is 0 Å². The van der Waals surface area contributed by atoms with Gasteiger partial charge in [-0.1, -0.05) is 6.42 Å². The Kier molecular flexibility index (Phi) is 2.49. The lowest BCUT2D eigenvalue weighted by molar-refractivity contribution is -0.136. The molecule has 2 amide bonds. The normalized spacial score (nSPS) is 42.5. The van der Waals surface area contributed by atoms with E-state index in [0.717, 1.165) is 30.6 Å². The molecule has 4 unspecified atom stereocenters. The van der Waals surface area contributed by atoms with Crippen LogP contribution in [0, 0.1) is 23.7 Å². The Morgan fingerprint density at radius 3 is 2.62 bits per heavy atom. The van der Waals surface area contributed by atoms with Crippen molar-refractivity contribution in [1.82, 2.24) is 5.32 Å². The summed E-state index contributed by atoms with van der Waals surface area (Å²) in [6.07, 6.45) is 7.87. The van der Waals surface area contributed by atoms with E-state index in [-0.39, 0.29) is 17.7 Å². The SMILES string of the molecule is O=C1CCC(CC2CC3CCC2C3)C(=O)N1. The highest BCUT2D eigenvalue weighted by Gasteiger charge is 2.41. The van der Waals surface area contributed by atoms with E-state index in [1.165, 1.54) is 25.7 Å². The van der Waals surface area contributed by atoms with Gasteiger partial charge in [-0.3, -0.25) is 14.9 Å². The van der Waals surface area contributed by atoms with Gasteiger partial charge in [-0.05, 0) is 49.9 Å². The lowest BCUT2D eigenvalue weighted by atomic mass is 9.80. The van der Waals surface area contributed by atoms with Crippen molar-refractivity contribution in [1.29, 1.82) is 0 Å². The molecule has 2 bridgehead atoms. The molecule has 88 valence electrons. The van der Waals surface area contributed by atoms with E-state index in [2.05, 4.69) is 5.32 Å². The number of hydrogen-bond donors (Lipinski definition) is 1. The summed E-state index contributed by atoms with van der Waals surface area (Å²) in [7, 11) is 0. The minimum Gasteiger partial charge on any atom is -0.296 e. The number of carbonyl (C=O) groups excluding carboxylic acids is 2. The molecule has 3 heteroatoms. The lowest BCUT2D eigenvalue weighted by Crippen LogP contribution is -2.41. The largest absolute Gasteiger partial charge is 0.296 e. The van der Waals surface area contributed by atoms with Crippen LogP contribution in [0.5, 0.6) is 0 Å². The zero-order valence-electron chi connectivity index (χ0n) is 9.58. The molecule has 0 spiro atoms. The van der Waals surface area contributed by atoms with Gasteiger partial charge in [-0.25, -0.2) is 0 Å². The first-order chi connectivity index (χ1) is 7.72. The van der Waals surface area contributed by atoms with Crippen molar-refractivity contribution < 1.29 is 9.59 Å². The Morgan fingerprint density at radius 1 is 1.12 bits per heavy atom. The lowest BCUT2D eigenvalue weighted by Gasteiger charge is -2.27. The number of nitrogens with one attached hydrogen (secondary N) is 1. The molecular formula is C13H19NO2. The van der Waals surface area contributed by atoms with Gasteiger partial charge in [0.25, 0.3) is 0 Å². The highest BCUT2D eigenvalue weighted by Crippen LogP contribution is 2.50. The zero-order valence-corrected chi connectivity index (χ0v) is 9.58. The molecule has 0 radical (unpaired) electrons. The van der Waals surface area contributed by atoms with Crippen LogP contribution in [0.4, 0.5) is 0 Å². The second-order valence-corrected chi connectivity index (χ2v) is 5.82. The average Bonchev–Trinajstić information content (AvgIpc) is 2.84. The van der Waals surface area contributed by atoms with E-state index >= 15 is 0 Å². The predicted octanol–water partition coefficient (Wildman–Crippen LogP) is 1.87. The summed E-state index contributed by atoms with van der Waals surface area (Å²) in [5, 5.41) is 2.47. The molecule has 3 fully saturated rings. The summed E-state index contributed by atoms with van der Waals surface area (Å²) in [5.41, 5.74) is 0. The highest BCUT2D eigenvalue weighted by atomic mass is 16.2. The van der Waals surface area contributed by atoms with Crippen LogP contribution in [-0.4, -0.2) is 11.8 Å². The summed E-state index contributed by atoms with van der Waals surface area (Å²) in [6.45, 7) is 0. The van der Waals surface area contributed by atoms with Gasteiger partial charge >= 0.3 is 0 Å². The second kappa shape index (κ2) is 3.86. The minimum absolute atomic E-state index is 0.0148. The van der Waals surface area contributed by atoms with E-state index in [1.54, 1.807) is 0 Å². The summed E-state index contributed by atoms with van der Waals surface area (Å²) in [4.78, 5) is 22.7. The average molecular weight is 221 g/mol. The predicted molar refractivity (Wildman–Crippen MR) is 59.4 cm³/mol. The van der Waals surface area contributed by atoms with E-state index in [0.29, 0.717) is 6.42 Å². The third-order valence-corrected chi connectivity index (χ3v) is 4.83. The van der Waals surface area contributed by atoms with Gasteiger partial charge in [0.1, 0.15) is 0 Å². The number of rotatable bonds is 2. The fourth-order valence-corrected chi connectivity index (χ4v) is 3.99. The molecular weight excluding hydrogens is 202 g/mol. The molecule has 0 aromatic heterocycles. The molecule has 0 aromatic rings. The fraction of sp³-hybridized carbons (Fsp3) is 0.846. The summed E-state index contributed by atoms with van der Waals surface area (Å²) >= 11 is 0. The summed E-state index contributed by atoms with van der Waals surface area (Å²) < 4.78 is 0. The Bertz CT molecular complexity index is 326. The number of piperidine rings is 1. The van der Waals surface area contributed by atoms with Crippen molar-refractivity contribution in [3.05, 3.63) is 0 Å². The number of amides is 2. The minimum atomic E-state index is -0.0887. The van der Waals surface area contributed by atoms with Gasteiger partial charge in [-0.15, -0.1) is 0 Å². The standard InChI is InChI=1S/C13H19NO2/c15-12-4-3-10(13(16)14-12)7-11-6-8-1-2-9(11)5-8/h8-11H,1-7H2,(H,14,15,16). The number of carbonyl (C=O) groups is 2. The molecule has 1 aliphatic heterocycles. The number of imide groups is 1. The van der Waals surface area contributed by atoms with Crippen LogP contribution in [0.3, 0.4) is 0 Å². The zero-order chi connectivity index (χ0) is 11.1. The molecule has 1 heterocycles. The van der Waals surface area contributed by atoms with E-state index in [4.69, 9.17) is 0 Å². The Morgan fingerprint density at radius 2 is 2.00 bits per heavy atom. The van der Waals surface area contributed by atoms with Gasteiger partial charge in [0.05, 0.1) is 0 Å².